The smallest absolute Gasteiger partial charge is 0.299 e. The second-order valence-corrected chi connectivity index (χ2v) is 6.61. The van der Waals surface area contributed by atoms with Crippen molar-refractivity contribution in [1.82, 2.24) is 14.9 Å². The highest BCUT2D eigenvalue weighted by Crippen LogP contribution is 2.32. The number of alkyl halides is 2. The first-order valence-electron chi connectivity index (χ1n) is 7.47. The number of hydrogen-bond acceptors (Lipinski definition) is 6. The molecular weight excluding hydrogens is 421 g/mol. The van der Waals surface area contributed by atoms with Crippen LogP contribution in [0.15, 0.2) is 45.0 Å². The van der Waals surface area contributed by atoms with E-state index in [2.05, 4.69) is 15.3 Å². The van der Waals surface area contributed by atoms with Gasteiger partial charge in [-0.25, -0.2) is 8.78 Å². The number of hydrogen-bond donors (Lipinski definition) is 0. The van der Waals surface area contributed by atoms with Crippen molar-refractivity contribution in [1.29, 1.82) is 0 Å². The molecule has 0 aliphatic rings. The Morgan fingerprint density at radius 2 is 2.11 bits per heavy atom. The van der Waals surface area contributed by atoms with Crippen molar-refractivity contribution in [2.45, 2.75) is 18.2 Å². The summed E-state index contributed by atoms with van der Waals surface area (Å²) >= 11 is 13.1. The minimum Gasteiger partial charge on any atom is -0.484 e. The maximum Gasteiger partial charge on any atom is 0.299 e. The van der Waals surface area contributed by atoms with Gasteiger partial charge in [0.1, 0.15) is 28.9 Å². The molecule has 0 atom stereocenters. The maximum atomic E-state index is 13.0. The predicted octanol–water partition coefficient (Wildman–Crippen LogP) is 5.30. The first kappa shape index (κ1) is 19.7. The van der Waals surface area contributed by atoms with E-state index in [1.54, 1.807) is 36.6 Å². The minimum absolute atomic E-state index is 0.110. The van der Waals surface area contributed by atoms with Gasteiger partial charge in [-0.05, 0) is 30.5 Å². The summed E-state index contributed by atoms with van der Waals surface area (Å²) in [5.41, 5.74) is 0. The molecule has 27 heavy (non-hydrogen) atoms. The summed E-state index contributed by atoms with van der Waals surface area (Å²) in [4.78, 5) is 0. The molecule has 0 amide bonds. The van der Waals surface area contributed by atoms with Gasteiger partial charge in [0.2, 0.25) is 11.0 Å². The number of rotatable bonds is 7. The van der Waals surface area contributed by atoms with Gasteiger partial charge in [0.05, 0.1) is 11.2 Å². The van der Waals surface area contributed by atoms with Crippen LogP contribution in [0.2, 0.25) is 10.0 Å². The number of furan rings is 1. The van der Waals surface area contributed by atoms with Gasteiger partial charge >= 0.3 is 0 Å². The molecule has 142 valence electrons. The van der Waals surface area contributed by atoms with E-state index in [9.17, 15) is 8.78 Å². The summed E-state index contributed by atoms with van der Waals surface area (Å²) in [5.74, 6) is 0.731. The lowest BCUT2D eigenvalue weighted by Gasteiger charge is -2.07. The van der Waals surface area contributed by atoms with Crippen molar-refractivity contribution >= 4 is 41.2 Å². The lowest BCUT2D eigenvalue weighted by Crippen LogP contribution is -2.00. The second kappa shape index (κ2) is 8.73. The Hall–Kier alpha value is -2.10. The number of aromatic nitrogens is 3. The van der Waals surface area contributed by atoms with Crippen molar-refractivity contribution in [2.75, 3.05) is 6.26 Å². The number of benzene rings is 1. The average Bonchev–Trinajstić information content (AvgIpc) is 3.27. The zero-order valence-corrected chi connectivity index (χ0v) is 16.1. The monoisotopic (exact) mass is 432 g/mol. The highest BCUT2D eigenvalue weighted by molar-refractivity contribution is 7.98. The number of ether oxygens (including phenoxy) is 1. The van der Waals surface area contributed by atoms with Crippen LogP contribution >= 0.6 is 35.0 Å². The van der Waals surface area contributed by atoms with Crippen LogP contribution in [-0.2, 0) is 6.61 Å². The van der Waals surface area contributed by atoms with Gasteiger partial charge < -0.3 is 9.15 Å². The molecule has 0 unspecified atom stereocenters. The van der Waals surface area contributed by atoms with E-state index in [4.69, 9.17) is 32.4 Å². The summed E-state index contributed by atoms with van der Waals surface area (Å²) < 4.78 is 38.0. The quantitative estimate of drug-likeness (QED) is 0.374. The molecule has 0 spiro atoms. The molecule has 0 radical (unpaired) electrons. The normalized spacial score (nSPS) is 11.6. The van der Waals surface area contributed by atoms with E-state index in [1.165, 1.54) is 6.21 Å². The molecule has 0 saturated heterocycles. The average molecular weight is 433 g/mol. The number of nitrogens with zero attached hydrogens (tertiary/aromatic N) is 4. The van der Waals surface area contributed by atoms with Crippen LogP contribution in [0.25, 0.3) is 0 Å². The lowest BCUT2D eigenvalue weighted by molar-refractivity contribution is 0.135. The first-order valence-corrected chi connectivity index (χ1v) is 9.45. The van der Waals surface area contributed by atoms with Gasteiger partial charge in [0.25, 0.3) is 6.43 Å². The van der Waals surface area contributed by atoms with Crippen LogP contribution in [-0.4, -0.2) is 27.3 Å². The van der Waals surface area contributed by atoms with Gasteiger partial charge in [-0.15, -0.1) is 10.2 Å². The molecule has 0 saturated carbocycles. The lowest BCUT2D eigenvalue weighted by atomic mass is 10.3. The predicted molar refractivity (Wildman–Crippen MR) is 99.3 cm³/mol. The van der Waals surface area contributed by atoms with Gasteiger partial charge in [-0.2, -0.15) is 9.78 Å². The van der Waals surface area contributed by atoms with Crippen molar-refractivity contribution < 1.29 is 17.9 Å². The van der Waals surface area contributed by atoms with Crippen LogP contribution in [0.1, 0.15) is 23.8 Å². The van der Waals surface area contributed by atoms with Crippen LogP contribution < -0.4 is 4.74 Å². The fourth-order valence-electron chi connectivity index (χ4n) is 2.05. The Morgan fingerprint density at radius 1 is 1.30 bits per heavy atom. The third-order valence-corrected chi connectivity index (χ3v) is 4.70. The molecular formula is C16H12Cl2F2N4O2S. The van der Waals surface area contributed by atoms with Gasteiger partial charge in [-0.3, -0.25) is 0 Å². The Balaban J connectivity index is 1.70. The van der Waals surface area contributed by atoms with Gasteiger partial charge in [0, 0.05) is 0 Å². The third-order valence-electron chi connectivity index (χ3n) is 3.28. The molecule has 6 nitrogen and oxygen atoms in total. The first-order chi connectivity index (χ1) is 13.0. The number of thioether (sulfide) groups is 1. The van der Waals surface area contributed by atoms with E-state index >= 15 is 0 Å². The molecule has 0 bridgehead atoms. The molecule has 0 aliphatic heterocycles. The fourth-order valence-corrected chi connectivity index (χ4v) is 2.83. The standard InChI is InChI=1S/C16H12Cl2F2N4O2S/c1-27-16-23-22-15(14(19)20)24(16)21-7-9-5-6-10(26-9)8-25-12-4-2-3-11(17)13(12)18/h2-7,14H,8H2,1H3. The van der Waals surface area contributed by atoms with Crippen molar-refractivity contribution in [2.24, 2.45) is 5.10 Å². The van der Waals surface area contributed by atoms with Crippen LogP contribution in [0, 0.1) is 0 Å². The molecule has 0 aliphatic carbocycles. The van der Waals surface area contributed by atoms with Crippen molar-refractivity contribution in [3.8, 4) is 5.75 Å². The second-order valence-electron chi connectivity index (χ2n) is 5.05. The molecule has 2 heterocycles. The van der Waals surface area contributed by atoms with E-state index in [0.717, 1.165) is 16.4 Å². The van der Waals surface area contributed by atoms with Crippen LogP contribution in [0.5, 0.6) is 5.75 Å². The Kier molecular flexibility index (Phi) is 6.35. The van der Waals surface area contributed by atoms with Crippen LogP contribution in [0.3, 0.4) is 0 Å². The molecule has 0 fully saturated rings. The zero-order valence-electron chi connectivity index (χ0n) is 13.8. The Morgan fingerprint density at radius 3 is 2.85 bits per heavy atom. The topological polar surface area (TPSA) is 65.4 Å². The summed E-state index contributed by atoms with van der Waals surface area (Å²) in [7, 11) is 0. The molecule has 3 rings (SSSR count). The molecule has 11 heteroatoms. The Bertz CT molecular complexity index is 962. The van der Waals surface area contributed by atoms with Crippen LogP contribution in [0.4, 0.5) is 8.78 Å². The highest BCUT2D eigenvalue weighted by Gasteiger charge is 2.19. The van der Waals surface area contributed by atoms with Gasteiger partial charge in [-0.1, -0.05) is 41.0 Å². The maximum absolute atomic E-state index is 13.0. The van der Waals surface area contributed by atoms with Crippen molar-refractivity contribution in [3.05, 3.63) is 57.7 Å². The summed E-state index contributed by atoms with van der Waals surface area (Å²) in [6.07, 6.45) is 0.193. The molecule has 2 aromatic heterocycles. The Labute approximate surface area is 167 Å². The molecule has 1 aromatic carbocycles. The van der Waals surface area contributed by atoms with Crippen molar-refractivity contribution in [3.63, 3.8) is 0 Å². The molecule has 0 N–H and O–H groups in total. The largest absolute Gasteiger partial charge is 0.484 e. The minimum atomic E-state index is -2.79. The third kappa shape index (κ3) is 4.60. The van der Waals surface area contributed by atoms with E-state index in [-0.39, 0.29) is 11.8 Å². The number of halogens is 4. The SMILES string of the molecule is CSc1nnc(C(F)F)n1N=Cc1ccc(COc2cccc(Cl)c2Cl)o1. The fraction of sp³-hybridized carbons (Fsp3) is 0.188. The van der Waals surface area contributed by atoms with E-state index in [1.807, 2.05) is 0 Å². The summed E-state index contributed by atoms with van der Waals surface area (Å²) in [6.45, 7) is 0.110. The molecule has 3 aromatic rings. The van der Waals surface area contributed by atoms with Gasteiger partial charge in [0.15, 0.2) is 0 Å². The summed E-state index contributed by atoms with van der Waals surface area (Å²) in [5, 5.41) is 12.0. The highest BCUT2D eigenvalue weighted by atomic mass is 35.5. The summed E-state index contributed by atoms with van der Waals surface area (Å²) in [6, 6.07) is 8.36. The van der Waals surface area contributed by atoms with E-state index in [0.29, 0.717) is 27.3 Å². The van der Waals surface area contributed by atoms with E-state index < -0.39 is 12.2 Å². The zero-order chi connectivity index (χ0) is 19.4.